The van der Waals surface area contributed by atoms with Gasteiger partial charge in [-0.25, -0.2) is 0 Å². The SMILES string of the molecule is CC(C)S(=O)CCOc1ccc(CN)cc1. The molecule has 0 spiro atoms. The van der Waals surface area contributed by atoms with Gasteiger partial charge in [-0.3, -0.25) is 4.21 Å². The highest BCUT2D eigenvalue weighted by Crippen LogP contribution is 2.11. The van der Waals surface area contributed by atoms with E-state index in [0.29, 0.717) is 18.9 Å². The largest absolute Gasteiger partial charge is 0.493 e. The third kappa shape index (κ3) is 4.33. The molecule has 0 aromatic heterocycles. The molecule has 1 rings (SSSR count). The summed E-state index contributed by atoms with van der Waals surface area (Å²) in [5.74, 6) is 1.38. The van der Waals surface area contributed by atoms with Gasteiger partial charge >= 0.3 is 0 Å². The van der Waals surface area contributed by atoms with Crippen LogP contribution in [-0.2, 0) is 17.3 Å². The third-order valence-electron chi connectivity index (χ3n) is 2.24. The van der Waals surface area contributed by atoms with Crippen LogP contribution in [0.4, 0.5) is 0 Å². The topological polar surface area (TPSA) is 52.3 Å². The van der Waals surface area contributed by atoms with E-state index in [1.165, 1.54) is 0 Å². The maximum absolute atomic E-state index is 11.4. The lowest BCUT2D eigenvalue weighted by Gasteiger charge is -2.08. The molecule has 3 nitrogen and oxygen atoms in total. The summed E-state index contributed by atoms with van der Waals surface area (Å²) >= 11 is 0. The Morgan fingerprint density at radius 1 is 1.31 bits per heavy atom. The van der Waals surface area contributed by atoms with Crippen LogP contribution in [0.3, 0.4) is 0 Å². The quantitative estimate of drug-likeness (QED) is 0.824. The van der Waals surface area contributed by atoms with E-state index in [2.05, 4.69) is 0 Å². The molecule has 1 atom stereocenters. The van der Waals surface area contributed by atoms with Crippen molar-refractivity contribution in [1.82, 2.24) is 0 Å². The van der Waals surface area contributed by atoms with Crippen LogP contribution in [0.2, 0.25) is 0 Å². The molecule has 1 aromatic carbocycles. The lowest BCUT2D eigenvalue weighted by Crippen LogP contribution is -2.15. The first kappa shape index (κ1) is 13.2. The van der Waals surface area contributed by atoms with Gasteiger partial charge in [0.2, 0.25) is 0 Å². The Morgan fingerprint density at radius 3 is 2.44 bits per heavy atom. The first-order valence-electron chi connectivity index (χ1n) is 5.42. The highest BCUT2D eigenvalue weighted by atomic mass is 32.2. The Hall–Kier alpha value is -0.870. The van der Waals surface area contributed by atoms with Gasteiger partial charge in [-0.2, -0.15) is 0 Å². The smallest absolute Gasteiger partial charge is 0.119 e. The molecule has 90 valence electrons. The molecule has 0 saturated heterocycles. The van der Waals surface area contributed by atoms with E-state index < -0.39 is 10.8 Å². The summed E-state index contributed by atoms with van der Waals surface area (Å²) in [6, 6.07) is 7.66. The van der Waals surface area contributed by atoms with Gasteiger partial charge in [0.15, 0.2) is 0 Å². The minimum absolute atomic E-state index is 0.197. The Morgan fingerprint density at radius 2 is 1.94 bits per heavy atom. The predicted octanol–water partition coefficient (Wildman–Crippen LogP) is 1.68. The van der Waals surface area contributed by atoms with Crippen LogP contribution >= 0.6 is 0 Å². The summed E-state index contributed by atoms with van der Waals surface area (Å²) in [6.45, 7) is 4.93. The second-order valence-corrected chi connectivity index (χ2v) is 5.94. The van der Waals surface area contributed by atoms with E-state index in [-0.39, 0.29) is 5.25 Å². The van der Waals surface area contributed by atoms with Crippen molar-refractivity contribution in [1.29, 1.82) is 0 Å². The summed E-state index contributed by atoms with van der Waals surface area (Å²) in [4.78, 5) is 0. The summed E-state index contributed by atoms with van der Waals surface area (Å²) in [5, 5.41) is 0.197. The molecule has 0 heterocycles. The zero-order valence-electron chi connectivity index (χ0n) is 9.81. The number of hydrogen-bond acceptors (Lipinski definition) is 3. The van der Waals surface area contributed by atoms with E-state index in [4.69, 9.17) is 10.5 Å². The highest BCUT2D eigenvalue weighted by Gasteiger charge is 2.04. The van der Waals surface area contributed by atoms with Crippen LogP contribution in [-0.4, -0.2) is 21.8 Å². The van der Waals surface area contributed by atoms with E-state index >= 15 is 0 Å². The van der Waals surface area contributed by atoms with Gasteiger partial charge in [-0.15, -0.1) is 0 Å². The van der Waals surface area contributed by atoms with Crippen LogP contribution < -0.4 is 10.5 Å². The van der Waals surface area contributed by atoms with Crippen molar-refractivity contribution in [2.75, 3.05) is 12.4 Å². The lowest BCUT2D eigenvalue weighted by molar-refractivity contribution is 0.342. The van der Waals surface area contributed by atoms with Crippen molar-refractivity contribution in [2.45, 2.75) is 25.6 Å². The Bertz CT molecular complexity index is 335. The molecule has 2 N–H and O–H groups in total. The Balaban J connectivity index is 2.34. The van der Waals surface area contributed by atoms with E-state index in [9.17, 15) is 4.21 Å². The molecule has 0 aliphatic heterocycles. The molecule has 0 bridgehead atoms. The normalized spacial score (nSPS) is 12.8. The van der Waals surface area contributed by atoms with Crippen LogP contribution in [0.5, 0.6) is 5.75 Å². The van der Waals surface area contributed by atoms with E-state index in [0.717, 1.165) is 11.3 Å². The van der Waals surface area contributed by atoms with E-state index in [1.54, 1.807) is 0 Å². The second kappa shape index (κ2) is 6.66. The average molecular weight is 241 g/mol. The molecule has 4 heteroatoms. The fraction of sp³-hybridized carbons (Fsp3) is 0.500. The molecule has 1 aromatic rings. The highest BCUT2D eigenvalue weighted by molar-refractivity contribution is 7.85. The van der Waals surface area contributed by atoms with Gasteiger partial charge in [0.05, 0.1) is 12.4 Å². The summed E-state index contributed by atoms with van der Waals surface area (Å²) < 4.78 is 16.9. The summed E-state index contributed by atoms with van der Waals surface area (Å²) in [6.07, 6.45) is 0. The molecule has 0 amide bonds. The van der Waals surface area contributed by atoms with Crippen molar-refractivity contribution in [3.8, 4) is 5.75 Å². The van der Waals surface area contributed by atoms with Gasteiger partial charge in [0.1, 0.15) is 5.75 Å². The molecule has 0 aliphatic rings. The zero-order valence-corrected chi connectivity index (χ0v) is 10.6. The molecule has 1 unspecified atom stereocenters. The fourth-order valence-electron chi connectivity index (χ4n) is 1.20. The van der Waals surface area contributed by atoms with Crippen LogP contribution in [0.25, 0.3) is 0 Å². The predicted molar refractivity (Wildman–Crippen MR) is 68.0 cm³/mol. The minimum atomic E-state index is -0.796. The van der Waals surface area contributed by atoms with Crippen molar-refractivity contribution in [3.05, 3.63) is 29.8 Å². The molecular weight excluding hydrogens is 222 g/mol. The fourth-order valence-corrected chi connectivity index (χ4v) is 1.92. The average Bonchev–Trinajstić information content (AvgIpc) is 2.29. The number of ether oxygens (including phenoxy) is 1. The lowest BCUT2D eigenvalue weighted by atomic mass is 10.2. The van der Waals surface area contributed by atoms with Crippen molar-refractivity contribution < 1.29 is 8.95 Å². The maximum atomic E-state index is 11.4. The van der Waals surface area contributed by atoms with Crippen LogP contribution in [0.15, 0.2) is 24.3 Å². The molecular formula is C12H19NO2S. The molecule has 0 radical (unpaired) electrons. The van der Waals surface area contributed by atoms with Crippen molar-refractivity contribution in [3.63, 3.8) is 0 Å². The van der Waals surface area contributed by atoms with Crippen LogP contribution in [0, 0.1) is 0 Å². The number of nitrogens with two attached hydrogens (primary N) is 1. The standard InChI is InChI=1S/C12H19NO2S/c1-10(2)16(14)8-7-15-12-5-3-11(9-13)4-6-12/h3-6,10H,7-9,13H2,1-2H3. The molecule has 16 heavy (non-hydrogen) atoms. The Kier molecular flexibility index (Phi) is 5.49. The first-order chi connectivity index (χ1) is 7.63. The van der Waals surface area contributed by atoms with Crippen molar-refractivity contribution in [2.24, 2.45) is 5.73 Å². The first-order valence-corrected chi connectivity index (χ1v) is 6.80. The number of hydrogen-bond donors (Lipinski definition) is 1. The summed E-state index contributed by atoms with van der Waals surface area (Å²) in [5.41, 5.74) is 6.57. The maximum Gasteiger partial charge on any atom is 0.119 e. The Labute approximate surface area is 99.4 Å². The minimum Gasteiger partial charge on any atom is -0.493 e. The molecule has 0 saturated carbocycles. The molecule has 0 aliphatic carbocycles. The summed E-state index contributed by atoms with van der Waals surface area (Å²) in [7, 11) is -0.796. The van der Waals surface area contributed by atoms with Crippen LogP contribution in [0.1, 0.15) is 19.4 Å². The van der Waals surface area contributed by atoms with E-state index in [1.807, 2.05) is 38.1 Å². The third-order valence-corrected chi connectivity index (χ3v) is 3.86. The van der Waals surface area contributed by atoms with Gasteiger partial charge in [0, 0.05) is 22.6 Å². The van der Waals surface area contributed by atoms with Gasteiger partial charge < -0.3 is 10.5 Å². The van der Waals surface area contributed by atoms with Crippen molar-refractivity contribution >= 4 is 10.8 Å². The number of rotatable bonds is 6. The zero-order chi connectivity index (χ0) is 12.0. The van der Waals surface area contributed by atoms with Gasteiger partial charge in [-0.1, -0.05) is 26.0 Å². The van der Waals surface area contributed by atoms with Gasteiger partial charge in [-0.05, 0) is 17.7 Å². The monoisotopic (exact) mass is 241 g/mol. The molecule has 0 fully saturated rings. The van der Waals surface area contributed by atoms with Gasteiger partial charge in [0.25, 0.3) is 0 Å². The second-order valence-electron chi connectivity index (χ2n) is 3.83. The number of benzene rings is 1.